The first kappa shape index (κ1) is 48.4. The molecule has 4 fully saturated rings. The Morgan fingerprint density at radius 3 is 2.35 bits per heavy atom. The number of benzene rings is 2. The second kappa shape index (κ2) is 21.1. The van der Waals surface area contributed by atoms with Crippen LogP contribution in [0.25, 0.3) is 0 Å². The lowest BCUT2D eigenvalue weighted by Crippen LogP contribution is -2.66. The van der Waals surface area contributed by atoms with Crippen LogP contribution < -0.4 is 36.4 Å². The van der Waals surface area contributed by atoms with Gasteiger partial charge in [0, 0.05) is 105 Å². The molecule has 364 valence electrons. The van der Waals surface area contributed by atoms with E-state index in [1.807, 2.05) is 19.1 Å². The third-order valence-corrected chi connectivity index (χ3v) is 14.9. The van der Waals surface area contributed by atoms with Crippen molar-refractivity contribution in [2.45, 2.75) is 102 Å². The Morgan fingerprint density at radius 2 is 1.60 bits per heavy atom. The van der Waals surface area contributed by atoms with E-state index in [1.54, 1.807) is 24.1 Å². The van der Waals surface area contributed by atoms with Crippen molar-refractivity contribution in [3.63, 3.8) is 0 Å². The van der Waals surface area contributed by atoms with Crippen LogP contribution in [0.15, 0.2) is 42.7 Å². The Morgan fingerprint density at radius 1 is 0.853 bits per heavy atom. The van der Waals surface area contributed by atoms with Gasteiger partial charge in [0.1, 0.15) is 29.6 Å². The number of rotatable bonds is 17. The molecule has 0 bridgehead atoms. The van der Waals surface area contributed by atoms with E-state index in [0.717, 1.165) is 31.5 Å². The highest BCUT2D eigenvalue weighted by atomic mass is 19.1. The van der Waals surface area contributed by atoms with E-state index in [2.05, 4.69) is 46.4 Å². The second-order valence-electron chi connectivity index (χ2n) is 19.7. The molecule has 2 aromatic carbocycles. The van der Waals surface area contributed by atoms with Gasteiger partial charge in [-0.25, -0.2) is 18.7 Å². The highest BCUT2D eigenvalue weighted by Crippen LogP contribution is 2.37. The van der Waals surface area contributed by atoms with E-state index < -0.39 is 28.5 Å². The highest BCUT2D eigenvalue weighted by Gasteiger charge is 2.43. The van der Waals surface area contributed by atoms with Crippen molar-refractivity contribution in [2.75, 3.05) is 79.8 Å². The van der Waals surface area contributed by atoms with Gasteiger partial charge in [0.2, 0.25) is 23.6 Å². The first-order valence-corrected chi connectivity index (χ1v) is 24.3. The Balaban J connectivity index is 0.737. The maximum Gasteiger partial charge on any atom is 0.240 e. The Kier molecular flexibility index (Phi) is 15.0. The van der Waals surface area contributed by atoms with Crippen LogP contribution in [-0.4, -0.2) is 115 Å². The number of ketones is 2. The van der Waals surface area contributed by atoms with Crippen molar-refractivity contribution in [2.24, 2.45) is 17.3 Å². The van der Waals surface area contributed by atoms with Crippen LogP contribution in [0.5, 0.6) is 0 Å². The number of carbonyl (C=O) groups excluding carboxylic acids is 6. The molecule has 5 heterocycles. The van der Waals surface area contributed by atoms with Crippen LogP contribution in [0.2, 0.25) is 0 Å². The molecule has 18 heteroatoms. The zero-order chi connectivity index (χ0) is 48.0. The summed E-state index contributed by atoms with van der Waals surface area (Å²) in [6, 6.07) is 9.64. The number of carbonyl (C=O) groups is 6. The van der Waals surface area contributed by atoms with Crippen LogP contribution in [0.1, 0.15) is 117 Å². The lowest BCUT2D eigenvalue weighted by atomic mass is 9.77. The second-order valence-corrected chi connectivity index (χ2v) is 19.7. The number of amides is 4. The summed E-state index contributed by atoms with van der Waals surface area (Å²) in [5.41, 5.74) is 0.663. The van der Waals surface area contributed by atoms with E-state index in [-0.39, 0.29) is 78.3 Å². The summed E-state index contributed by atoms with van der Waals surface area (Å²) in [5, 5.41) is 15.0. The average Bonchev–Trinajstić information content (AvgIpc) is 3.32. The van der Waals surface area contributed by atoms with Gasteiger partial charge in [-0.05, 0) is 83.0 Å². The van der Waals surface area contributed by atoms with Crippen molar-refractivity contribution in [3.8, 4) is 0 Å². The zero-order valence-corrected chi connectivity index (χ0v) is 39.2. The summed E-state index contributed by atoms with van der Waals surface area (Å²) in [4.78, 5) is 91.2. The number of fused-ring (bicyclic) bond motifs is 1. The van der Waals surface area contributed by atoms with Crippen molar-refractivity contribution < 1.29 is 37.5 Å². The number of nitrogens with one attached hydrogen (secondary N) is 5. The number of hydrogen-bond acceptors (Lipinski definition) is 13. The van der Waals surface area contributed by atoms with Gasteiger partial charge in [-0.3, -0.25) is 39.0 Å². The number of imide groups is 1. The topological polar surface area (TPSA) is 198 Å². The number of likely N-dealkylation sites (tertiary alicyclic amines) is 1. The molecule has 4 saturated heterocycles. The van der Waals surface area contributed by atoms with Crippen molar-refractivity contribution in [1.29, 1.82) is 0 Å². The summed E-state index contributed by atoms with van der Waals surface area (Å²) in [6.45, 7) is 6.03. The fraction of sp³-hybridized carbons (Fsp3) is 0.560. The molecule has 1 aromatic heterocycles. The van der Waals surface area contributed by atoms with E-state index in [4.69, 9.17) is 0 Å². The predicted molar refractivity (Wildman–Crippen MR) is 253 cm³/mol. The maximum atomic E-state index is 15.8. The molecule has 16 nitrogen and oxygen atoms in total. The molecule has 4 aliphatic heterocycles. The lowest BCUT2D eigenvalue weighted by molar-refractivity contribution is -0.136. The van der Waals surface area contributed by atoms with Gasteiger partial charge < -0.3 is 31.1 Å². The Hall–Kier alpha value is -6.04. The molecule has 5 N–H and O–H groups in total. The van der Waals surface area contributed by atoms with E-state index in [0.29, 0.717) is 113 Å². The van der Waals surface area contributed by atoms with E-state index in [9.17, 15) is 28.8 Å². The molecule has 5 aliphatic rings. The molecule has 2 unspecified atom stereocenters. The van der Waals surface area contributed by atoms with Gasteiger partial charge in [0.05, 0.1) is 23.3 Å². The van der Waals surface area contributed by atoms with Gasteiger partial charge in [-0.2, -0.15) is 0 Å². The molecule has 4 amide bonds. The molecule has 1 aliphatic carbocycles. The largest absolute Gasteiger partial charge is 0.384 e. The lowest BCUT2D eigenvalue weighted by Gasteiger charge is -2.48. The minimum atomic E-state index is -0.576. The SMILES string of the molecule is CNc1cc(N2CCC3(CC2)CN(c2cc(F)c(CN4CCC(C)(C(=O)NCCCCCCNc5cccc6c5C(=O)C(CCC5CCC(=O)NC5=O)CC6=O)CC4)cc2F)CC(=O)N3)ncn1. The maximum absolute atomic E-state index is 15.8. The molecule has 0 radical (unpaired) electrons. The van der Waals surface area contributed by atoms with Crippen molar-refractivity contribution >= 4 is 58.2 Å². The molecule has 2 atom stereocenters. The Labute approximate surface area is 396 Å². The number of Topliss-reactive ketones (excluding diaryl/α,β-unsaturated/α-hetero) is 2. The number of piperidine rings is 3. The summed E-state index contributed by atoms with van der Waals surface area (Å²) in [5.74, 6) is -1.40. The first-order chi connectivity index (χ1) is 32.7. The number of piperazine rings is 1. The summed E-state index contributed by atoms with van der Waals surface area (Å²) >= 11 is 0. The number of halogens is 2. The molecule has 68 heavy (non-hydrogen) atoms. The standard InChI is InChI=1S/C50H64F2N10O6/c1-49(48(68)55-19-6-4-3-5-18-54-38-9-7-8-35-40(63)25-33(46(66)45(35)38)11-10-32-12-13-43(64)58-47(32)67)14-20-60(21-15-49)28-34-24-37(52)39(26-36(34)51)62-29-44(65)59-50(30-62)16-22-61(23-17-50)42-27-41(53-2)56-31-57-42/h7-9,24,26-27,31-33,54H,3-6,10-23,25,28-30H2,1-2H3,(H,55,68)(H,59,65)(H,53,56,57)(H,58,64,67). The number of anilines is 4. The Bertz CT molecular complexity index is 2400. The smallest absolute Gasteiger partial charge is 0.240 e. The number of nitrogens with zero attached hydrogens (tertiary/aromatic N) is 5. The van der Waals surface area contributed by atoms with Crippen molar-refractivity contribution in [3.05, 3.63) is 71.1 Å². The van der Waals surface area contributed by atoms with Gasteiger partial charge >= 0.3 is 0 Å². The van der Waals surface area contributed by atoms with Crippen LogP contribution in [0.4, 0.5) is 31.8 Å². The monoisotopic (exact) mass is 938 g/mol. The summed E-state index contributed by atoms with van der Waals surface area (Å²) in [7, 11) is 1.79. The third-order valence-electron chi connectivity index (χ3n) is 14.9. The fourth-order valence-corrected chi connectivity index (χ4v) is 10.6. The van der Waals surface area contributed by atoms with Gasteiger partial charge in [0.25, 0.3) is 0 Å². The molecule has 3 aromatic rings. The number of unbranched alkanes of at least 4 members (excludes halogenated alkanes) is 3. The summed E-state index contributed by atoms with van der Waals surface area (Å²) < 4.78 is 31.6. The van der Waals surface area contributed by atoms with Crippen LogP contribution in [-0.2, 0) is 25.7 Å². The zero-order valence-electron chi connectivity index (χ0n) is 39.2. The minimum absolute atomic E-state index is 0.00477. The third kappa shape index (κ3) is 11.1. The van der Waals surface area contributed by atoms with Gasteiger partial charge in [-0.15, -0.1) is 0 Å². The van der Waals surface area contributed by atoms with Gasteiger partial charge in [0.15, 0.2) is 11.6 Å². The quantitative estimate of drug-likeness (QED) is 0.0856. The molecular formula is C50H64F2N10O6. The number of aromatic nitrogens is 2. The first-order valence-electron chi connectivity index (χ1n) is 24.3. The summed E-state index contributed by atoms with van der Waals surface area (Å²) in [6.07, 6.45) is 9.08. The minimum Gasteiger partial charge on any atom is -0.384 e. The average molecular weight is 939 g/mol. The van der Waals surface area contributed by atoms with Crippen molar-refractivity contribution in [1.82, 2.24) is 30.8 Å². The predicted octanol–water partition coefficient (Wildman–Crippen LogP) is 5.38. The molecule has 8 rings (SSSR count). The molecular weight excluding hydrogens is 875 g/mol. The van der Waals surface area contributed by atoms with E-state index >= 15 is 8.78 Å². The van der Waals surface area contributed by atoms with Crippen LogP contribution in [0.3, 0.4) is 0 Å². The fourth-order valence-electron chi connectivity index (χ4n) is 10.6. The molecule has 0 saturated carbocycles. The van der Waals surface area contributed by atoms with Gasteiger partial charge in [-0.1, -0.05) is 31.9 Å². The van der Waals surface area contributed by atoms with Crippen LogP contribution in [0, 0.1) is 28.9 Å². The number of hydrogen-bond donors (Lipinski definition) is 5. The highest BCUT2D eigenvalue weighted by molar-refractivity contribution is 6.17. The normalized spacial score (nSPS) is 21.6. The van der Waals surface area contributed by atoms with Crippen LogP contribution >= 0.6 is 0 Å². The molecule has 1 spiro atoms. The van der Waals surface area contributed by atoms with E-state index in [1.165, 1.54) is 18.5 Å².